The molecule has 3 rings (SSSR count). The van der Waals surface area contributed by atoms with Gasteiger partial charge < -0.3 is 26.0 Å². The molecule has 1 amide bonds. The lowest BCUT2D eigenvalue weighted by atomic mass is 10.1. The smallest absolute Gasteiger partial charge is 0.275 e. The average molecular weight is 412 g/mol. The number of aliphatic imine (C=N–C) groups is 1. The quantitative estimate of drug-likeness (QED) is 0.449. The molecule has 1 fully saturated rings. The Morgan fingerprint density at radius 2 is 2.20 bits per heavy atom. The number of hydrogen-bond donors (Lipinski definition) is 3. The molecule has 0 aliphatic carbocycles. The Balaban J connectivity index is 1.74. The van der Waals surface area contributed by atoms with Crippen molar-refractivity contribution in [3.8, 4) is 5.75 Å². The molecular weight excluding hydrogens is 382 g/mol. The van der Waals surface area contributed by atoms with E-state index < -0.39 is 0 Å². The number of hydrogen-bond acceptors (Lipinski definition) is 8. The zero-order valence-electron chi connectivity index (χ0n) is 17.7. The molecule has 1 aliphatic rings. The number of amides is 1. The van der Waals surface area contributed by atoms with Gasteiger partial charge in [0.25, 0.3) is 5.91 Å². The van der Waals surface area contributed by atoms with Crippen LogP contribution in [-0.4, -0.2) is 61.4 Å². The highest BCUT2D eigenvalue weighted by Gasteiger charge is 2.23. The summed E-state index contributed by atoms with van der Waals surface area (Å²) >= 11 is 0. The van der Waals surface area contributed by atoms with E-state index in [2.05, 4.69) is 37.4 Å². The van der Waals surface area contributed by atoms with Crippen LogP contribution in [0.3, 0.4) is 0 Å². The number of rotatable bonds is 8. The van der Waals surface area contributed by atoms with Crippen LogP contribution in [0.5, 0.6) is 5.75 Å². The van der Waals surface area contributed by atoms with E-state index in [1.807, 2.05) is 6.92 Å². The minimum atomic E-state index is -0.369. The third-order valence-corrected chi connectivity index (χ3v) is 4.88. The highest BCUT2D eigenvalue weighted by atomic mass is 16.5. The van der Waals surface area contributed by atoms with Gasteiger partial charge in [0.15, 0.2) is 0 Å². The Morgan fingerprint density at radius 3 is 2.87 bits per heavy atom. The van der Waals surface area contributed by atoms with Gasteiger partial charge in [0.1, 0.15) is 17.3 Å². The predicted octanol–water partition coefficient (Wildman–Crippen LogP) is 1.95. The fourth-order valence-electron chi connectivity index (χ4n) is 3.45. The number of nitrogens with two attached hydrogens (primary N) is 1. The summed E-state index contributed by atoms with van der Waals surface area (Å²) in [5.41, 5.74) is 7.99. The summed E-state index contributed by atoms with van der Waals surface area (Å²) in [4.78, 5) is 27.7. The molecule has 1 aliphatic heterocycles. The summed E-state index contributed by atoms with van der Waals surface area (Å²) < 4.78 is 5.62. The first-order chi connectivity index (χ1) is 14.5. The van der Waals surface area contributed by atoms with Crippen LogP contribution >= 0.6 is 0 Å². The maximum absolute atomic E-state index is 12.7. The summed E-state index contributed by atoms with van der Waals surface area (Å²) in [6, 6.07) is 3.88. The number of ether oxygens (including phenoxy) is 1. The predicted molar refractivity (Wildman–Crippen MR) is 120 cm³/mol. The van der Waals surface area contributed by atoms with Crippen LogP contribution in [0.15, 0.2) is 29.5 Å². The van der Waals surface area contributed by atoms with Crippen LogP contribution in [-0.2, 0) is 0 Å². The monoisotopic (exact) mass is 411 g/mol. The first-order valence-electron chi connectivity index (χ1n) is 10.2. The van der Waals surface area contributed by atoms with Crippen LogP contribution in [0.2, 0.25) is 0 Å². The Bertz CT molecular complexity index is 899. The molecule has 0 radical (unpaired) electrons. The van der Waals surface area contributed by atoms with Gasteiger partial charge in [0, 0.05) is 49.7 Å². The molecular formula is C21H29N7O2. The molecule has 9 heteroatoms. The number of aromatic nitrogens is 2. The second-order valence-electron chi connectivity index (χ2n) is 7.00. The molecule has 0 saturated carbocycles. The maximum atomic E-state index is 12.7. The van der Waals surface area contributed by atoms with Crippen LogP contribution in [0.25, 0.3) is 0 Å². The molecule has 2 aromatic rings. The molecule has 1 aromatic carbocycles. The lowest BCUT2D eigenvalue weighted by Gasteiger charge is -2.17. The van der Waals surface area contributed by atoms with Gasteiger partial charge in [-0.1, -0.05) is 6.92 Å². The first kappa shape index (κ1) is 21.5. The highest BCUT2D eigenvalue weighted by molar-refractivity contribution is 6.04. The van der Waals surface area contributed by atoms with Crippen molar-refractivity contribution in [3.05, 3.63) is 35.8 Å². The number of nitrogens with one attached hydrogen (secondary N) is 2. The van der Waals surface area contributed by atoms with Crippen LogP contribution < -0.4 is 26.0 Å². The lowest BCUT2D eigenvalue weighted by molar-refractivity contribution is 0.102. The number of carbonyl (C=O) groups excluding carboxylic acids is 1. The topological polar surface area (TPSA) is 118 Å². The molecule has 1 atom stereocenters. The van der Waals surface area contributed by atoms with E-state index in [-0.39, 0.29) is 11.6 Å². The minimum Gasteiger partial charge on any atom is -0.492 e. The van der Waals surface area contributed by atoms with E-state index in [1.165, 1.54) is 6.20 Å². The van der Waals surface area contributed by atoms with E-state index in [9.17, 15) is 4.79 Å². The Kier molecular flexibility index (Phi) is 7.18. The Morgan fingerprint density at radius 1 is 1.37 bits per heavy atom. The minimum absolute atomic E-state index is 0.228. The van der Waals surface area contributed by atoms with Gasteiger partial charge >= 0.3 is 0 Å². The van der Waals surface area contributed by atoms with Gasteiger partial charge in [-0.05, 0) is 26.0 Å². The van der Waals surface area contributed by atoms with Gasteiger partial charge in [-0.2, -0.15) is 0 Å². The molecule has 30 heavy (non-hydrogen) atoms. The molecule has 1 saturated heterocycles. The highest BCUT2D eigenvalue weighted by Crippen LogP contribution is 2.30. The molecule has 4 N–H and O–H groups in total. The van der Waals surface area contributed by atoms with Crippen molar-refractivity contribution in [2.24, 2.45) is 4.99 Å². The van der Waals surface area contributed by atoms with Gasteiger partial charge in [0.05, 0.1) is 24.7 Å². The number of carbonyl (C=O) groups is 1. The van der Waals surface area contributed by atoms with Crippen LogP contribution in [0.4, 0.5) is 17.2 Å². The van der Waals surface area contributed by atoms with E-state index in [0.717, 1.165) is 31.9 Å². The van der Waals surface area contributed by atoms with Crippen LogP contribution in [0, 0.1) is 0 Å². The zero-order valence-corrected chi connectivity index (χ0v) is 17.7. The normalized spacial score (nSPS) is 16.2. The summed E-state index contributed by atoms with van der Waals surface area (Å²) in [5, 5.41) is 6.29. The number of nitrogens with zero attached hydrogens (tertiary/aromatic N) is 4. The van der Waals surface area contributed by atoms with Crippen molar-refractivity contribution in [1.29, 1.82) is 0 Å². The van der Waals surface area contributed by atoms with Crippen molar-refractivity contribution < 1.29 is 9.53 Å². The summed E-state index contributed by atoms with van der Waals surface area (Å²) in [5.74, 6) is 0.898. The SMILES string of the molecule is CCNC1CCN(c2cnc(C(=O)Nc3cc(C=NC)c(N)cc3OCC)cn2)C1. The van der Waals surface area contributed by atoms with Crippen molar-refractivity contribution in [1.82, 2.24) is 15.3 Å². The van der Waals surface area contributed by atoms with E-state index in [1.54, 1.807) is 31.6 Å². The molecule has 9 nitrogen and oxygen atoms in total. The van der Waals surface area contributed by atoms with Gasteiger partial charge in [-0.3, -0.25) is 9.79 Å². The summed E-state index contributed by atoms with van der Waals surface area (Å²) in [7, 11) is 1.66. The number of likely N-dealkylation sites (N-methyl/N-ethyl adjacent to an activating group) is 1. The number of benzene rings is 1. The summed E-state index contributed by atoms with van der Waals surface area (Å²) in [6.07, 6.45) is 5.84. The van der Waals surface area contributed by atoms with Crippen molar-refractivity contribution in [2.75, 3.05) is 49.2 Å². The lowest BCUT2D eigenvalue weighted by Crippen LogP contribution is -2.32. The third-order valence-electron chi connectivity index (χ3n) is 4.88. The van der Waals surface area contributed by atoms with Crippen molar-refractivity contribution in [2.45, 2.75) is 26.3 Å². The molecule has 160 valence electrons. The average Bonchev–Trinajstić information content (AvgIpc) is 3.20. The molecule has 1 unspecified atom stereocenters. The van der Waals surface area contributed by atoms with E-state index in [4.69, 9.17) is 10.5 Å². The Labute approximate surface area is 176 Å². The number of nitrogen functional groups attached to an aromatic ring is 1. The standard InChI is InChI=1S/C21H29N7O2/c1-4-24-15-6-7-28(13-15)20-12-25-18(11-26-20)21(29)27-17-8-14(10-23-3)16(22)9-19(17)30-5-2/h8-12,15,24H,4-7,13,22H2,1-3H3,(H,27,29). The largest absolute Gasteiger partial charge is 0.492 e. The van der Waals surface area contributed by atoms with E-state index >= 15 is 0 Å². The maximum Gasteiger partial charge on any atom is 0.275 e. The first-order valence-corrected chi connectivity index (χ1v) is 10.2. The van der Waals surface area contributed by atoms with Crippen molar-refractivity contribution in [3.63, 3.8) is 0 Å². The van der Waals surface area contributed by atoms with E-state index in [0.29, 0.717) is 35.3 Å². The molecule has 0 spiro atoms. The van der Waals surface area contributed by atoms with Crippen LogP contribution in [0.1, 0.15) is 36.3 Å². The third kappa shape index (κ3) is 5.04. The van der Waals surface area contributed by atoms with Gasteiger partial charge in [-0.15, -0.1) is 0 Å². The fourth-order valence-corrected chi connectivity index (χ4v) is 3.45. The van der Waals surface area contributed by atoms with Gasteiger partial charge in [-0.25, -0.2) is 9.97 Å². The summed E-state index contributed by atoms with van der Waals surface area (Å²) in [6.45, 7) is 7.17. The molecule has 0 bridgehead atoms. The van der Waals surface area contributed by atoms with Gasteiger partial charge in [0.2, 0.25) is 0 Å². The second-order valence-corrected chi connectivity index (χ2v) is 7.00. The second kappa shape index (κ2) is 10.0. The molecule has 1 aromatic heterocycles. The van der Waals surface area contributed by atoms with Crippen molar-refractivity contribution >= 4 is 29.3 Å². The number of anilines is 3. The fraction of sp³-hybridized carbons (Fsp3) is 0.429. The Hall–Kier alpha value is -3.20. The zero-order chi connectivity index (χ0) is 21.5. The molecule has 2 heterocycles.